The van der Waals surface area contributed by atoms with Crippen LogP contribution in [0, 0.1) is 18.3 Å². The Hall–Kier alpha value is -2.90. The van der Waals surface area contributed by atoms with Crippen molar-refractivity contribution in [2.45, 2.75) is 71.0 Å². The second-order valence-corrected chi connectivity index (χ2v) is 9.92. The molecule has 2 N–H and O–H groups in total. The standard InChI is InChI=1S/C24H29N3O5/c1-14-7-15(11-25-23(31)32-13-16-9-24(10-16)5-2-6-24)8-17-18(14)12-27(22(17)30)19-3-4-20(28)26-21(19)29/h7-8,16,19H,2-6,9-13H2,1H3,(H,25,31)(H,26,28,29). The van der Waals surface area contributed by atoms with Crippen molar-refractivity contribution in [2.24, 2.45) is 11.3 Å². The summed E-state index contributed by atoms with van der Waals surface area (Å²) in [4.78, 5) is 50.3. The fraction of sp³-hybridized carbons (Fsp3) is 0.583. The average Bonchev–Trinajstić information content (AvgIpc) is 3.01. The van der Waals surface area contributed by atoms with E-state index in [0.29, 0.717) is 36.5 Å². The van der Waals surface area contributed by atoms with E-state index >= 15 is 0 Å². The van der Waals surface area contributed by atoms with Crippen LogP contribution in [0.5, 0.6) is 0 Å². The number of nitrogens with zero attached hydrogens (tertiary/aromatic N) is 1. The summed E-state index contributed by atoms with van der Waals surface area (Å²) in [6.45, 7) is 3.02. The van der Waals surface area contributed by atoms with Crippen LogP contribution >= 0.6 is 0 Å². The monoisotopic (exact) mass is 439 g/mol. The van der Waals surface area contributed by atoms with Gasteiger partial charge in [-0.2, -0.15) is 0 Å². The number of hydrogen-bond donors (Lipinski definition) is 2. The minimum Gasteiger partial charge on any atom is -0.449 e. The summed E-state index contributed by atoms with van der Waals surface area (Å²) in [6, 6.07) is 3.10. The van der Waals surface area contributed by atoms with Crippen molar-refractivity contribution in [2.75, 3.05) is 6.61 Å². The fourth-order valence-corrected chi connectivity index (χ4v) is 5.81. The van der Waals surface area contributed by atoms with E-state index in [1.807, 2.05) is 13.0 Å². The van der Waals surface area contributed by atoms with Gasteiger partial charge in [-0.3, -0.25) is 19.7 Å². The van der Waals surface area contributed by atoms with Crippen LogP contribution in [-0.4, -0.2) is 41.4 Å². The Balaban J connectivity index is 1.16. The number of hydrogen-bond acceptors (Lipinski definition) is 5. The van der Waals surface area contributed by atoms with Gasteiger partial charge in [0.2, 0.25) is 11.8 Å². The summed E-state index contributed by atoms with van der Waals surface area (Å²) < 4.78 is 5.39. The third kappa shape index (κ3) is 3.76. The highest BCUT2D eigenvalue weighted by Gasteiger charge is 2.48. The molecule has 8 heteroatoms. The third-order valence-electron chi connectivity index (χ3n) is 7.68. The van der Waals surface area contributed by atoms with Gasteiger partial charge in [-0.1, -0.05) is 12.5 Å². The minimum atomic E-state index is -0.630. The zero-order chi connectivity index (χ0) is 22.5. The van der Waals surface area contributed by atoms with Crippen molar-refractivity contribution in [1.29, 1.82) is 0 Å². The normalized spacial score (nSPS) is 24.0. The highest BCUT2D eigenvalue weighted by Crippen LogP contribution is 2.58. The Bertz CT molecular complexity index is 992. The number of rotatable bonds is 5. The summed E-state index contributed by atoms with van der Waals surface area (Å²) >= 11 is 0. The van der Waals surface area contributed by atoms with Crippen molar-refractivity contribution < 1.29 is 23.9 Å². The van der Waals surface area contributed by atoms with Crippen LogP contribution in [0.4, 0.5) is 4.79 Å². The highest BCUT2D eigenvalue weighted by molar-refractivity contribution is 6.05. The molecule has 0 bridgehead atoms. The van der Waals surface area contributed by atoms with Crippen molar-refractivity contribution in [3.05, 3.63) is 34.4 Å². The summed E-state index contributed by atoms with van der Waals surface area (Å²) in [5.41, 5.74) is 3.77. The number of piperidine rings is 1. The van der Waals surface area contributed by atoms with Crippen LogP contribution in [-0.2, 0) is 27.4 Å². The Morgan fingerprint density at radius 1 is 1.25 bits per heavy atom. The maximum absolute atomic E-state index is 13.0. The van der Waals surface area contributed by atoms with Crippen LogP contribution in [0.25, 0.3) is 0 Å². The number of carbonyl (C=O) groups excluding carboxylic acids is 4. The molecule has 4 aliphatic rings. The molecule has 2 aliphatic heterocycles. The van der Waals surface area contributed by atoms with E-state index in [1.165, 1.54) is 32.1 Å². The second-order valence-electron chi connectivity index (χ2n) is 9.92. The topological polar surface area (TPSA) is 105 Å². The van der Waals surface area contributed by atoms with Gasteiger partial charge in [-0.15, -0.1) is 0 Å². The van der Waals surface area contributed by atoms with Crippen molar-refractivity contribution in [1.82, 2.24) is 15.5 Å². The third-order valence-corrected chi connectivity index (χ3v) is 7.68. The summed E-state index contributed by atoms with van der Waals surface area (Å²) in [7, 11) is 0. The zero-order valence-corrected chi connectivity index (χ0v) is 18.4. The van der Waals surface area contributed by atoms with Gasteiger partial charge in [0.1, 0.15) is 6.04 Å². The molecule has 32 heavy (non-hydrogen) atoms. The number of imide groups is 1. The number of amides is 4. The molecule has 3 fully saturated rings. The van der Waals surface area contributed by atoms with Gasteiger partial charge in [0, 0.05) is 25.1 Å². The summed E-state index contributed by atoms with van der Waals surface area (Å²) in [6.07, 6.45) is 6.48. The Morgan fingerprint density at radius 3 is 2.72 bits per heavy atom. The molecule has 2 aliphatic carbocycles. The van der Waals surface area contributed by atoms with Crippen LogP contribution < -0.4 is 10.6 Å². The molecule has 0 radical (unpaired) electrons. The lowest BCUT2D eigenvalue weighted by molar-refractivity contribution is -0.136. The number of alkyl carbamates (subject to hydrolysis) is 1. The number of carbonyl (C=O) groups is 4. The first-order chi connectivity index (χ1) is 15.3. The predicted molar refractivity (Wildman–Crippen MR) is 114 cm³/mol. The zero-order valence-electron chi connectivity index (χ0n) is 18.4. The van der Waals surface area contributed by atoms with Gasteiger partial charge in [0.25, 0.3) is 5.91 Å². The van der Waals surface area contributed by atoms with E-state index < -0.39 is 18.0 Å². The maximum atomic E-state index is 13.0. The minimum absolute atomic E-state index is 0.211. The number of benzene rings is 1. The van der Waals surface area contributed by atoms with Crippen molar-refractivity contribution in [3.63, 3.8) is 0 Å². The Labute approximate surface area is 187 Å². The molecule has 5 rings (SSSR count). The average molecular weight is 440 g/mol. The van der Waals surface area contributed by atoms with Gasteiger partial charge in [-0.25, -0.2) is 4.79 Å². The number of fused-ring (bicyclic) bond motifs is 1. The molecular weight excluding hydrogens is 410 g/mol. The highest BCUT2D eigenvalue weighted by atomic mass is 16.5. The molecule has 2 heterocycles. The van der Waals surface area contributed by atoms with Crippen LogP contribution in [0.15, 0.2) is 12.1 Å². The summed E-state index contributed by atoms with van der Waals surface area (Å²) in [5.74, 6) is -0.442. The van der Waals surface area contributed by atoms with E-state index in [0.717, 1.165) is 16.7 Å². The van der Waals surface area contributed by atoms with E-state index in [4.69, 9.17) is 4.74 Å². The van der Waals surface area contributed by atoms with Gasteiger partial charge < -0.3 is 15.0 Å². The quantitative estimate of drug-likeness (QED) is 0.686. The molecule has 4 amide bonds. The molecule has 1 unspecified atom stereocenters. The SMILES string of the molecule is Cc1cc(CNC(=O)OCC2CC3(CCC3)C2)cc2c1CN(C1CCC(=O)NC1=O)C2=O. The molecule has 1 aromatic carbocycles. The number of nitrogens with one attached hydrogen (secondary N) is 2. The molecule has 170 valence electrons. The van der Waals surface area contributed by atoms with Crippen molar-refractivity contribution >= 4 is 23.8 Å². The molecule has 1 atom stereocenters. The molecule has 1 spiro atoms. The van der Waals surface area contributed by atoms with Gasteiger partial charge in [-0.05, 0) is 73.1 Å². The molecule has 1 aromatic rings. The Morgan fingerprint density at radius 2 is 2.03 bits per heavy atom. The lowest BCUT2D eigenvalue weighted by Gasteiger charge is -2.54. The number of aryl methyl sites for hydroxylation is 1. The first kappa shape index (κ1) is 21.0. The number of ether oxygens (including phenoxy) is 1. The van der Waals surface area contributed by atoms with E-state index in [2.05, 4.69) is 10.6 Å². The Kier molecular flexibility index (Phi) is 5.18. The lowest BCUT2D eigenvalue weighted by atomic mass is 9.52. The molecule has 1 saturated heterocycles. The van der Waals surface area contributed by atoms with Crippen LogP contribution in [0.3, 0.4) is 0 Å². The van der Waals surface area contributed by atoms with E-state index in [9.17, 15) is 19.2 Å². The molecule has 0 aromatic heterocycles. The van der Waals surface area contributed by atoms with Gasteiger partial charge in [0.05, 0.1) is 6.61 Å². The largest absolute Gasteiger partial charge is 0.449 e. The predicted octanol–water partition coefficient (Wildman–Crippen LogP) is 2.56. The second kappa shape index (κ2) is 7.90. The van der Waals surface area contributed by atoms with Crippen molar-refractivity contribution in [3.8, 4) is 0 Å². The smallest absolute Gasteiger partial charge is 0.407 e. The fourth-order valence-electron chi connectivity index (χ4n) is 5.81. The first-order valence-corrected chi connectivity index (χ1v) is 11.5. The van der Waals surface area contributed by atoms with Crippen LogP contribution in [0.2, 0.25) is 0 Å². The molecule has 8 nitrogen and oxygen atoms in total. The van der Waals surface area contributed by atoms with E-state index in [-0.39, 0.29) is 24.8 Å². The summed E-state index contributed by atoms with van der Waals surface area (Å²) in [5, 5.41) is 5.10. The van der Waals surface area contributed by atoms with Gasteiger partial charge >= 0.3 is 6.09 Å². The lowest BCUT2D eigenvalue weighted by Crippen LogP contribution is -2.52. The first-order valence-electron chi connectivity index (χ1n) is 11.5. The van der Waals surface area contributed by atoms with E-state index in [1.54, 1.807) is 11.0 Å². The molecular formula is C24H29N3O5. The van der Waals surface area contributed by atoms with Crippen LogP contribution in [0.1, 0.15) is 72.0 Å². The van der Waals surface area contributed by atoms with Gasteiger partial charge in [0.15, 0.2) is 0 Å². The molecule has 2 saturated carbocycles. The maximum Gasteiger partial charge on any atom is 0.407 e.